The Labute approximate surface area is 148 Å². The lowest BCUT2D eigenvalue weighted by molar-refractivity contribution is -0.143. The Kier molecular flexibility index (Phi) is 6.88. The van der Waals surface area contributed by atoms with Crippen molar-refractivity contribution in [1.29, 1.82) is 0 Å². The number of hydrogen-bond acceptors (Lipinski definition) is 3. The van der Waals surface area contributed by atoms with Gasteiger partial charge in [0.15, 0.2) is 0 Å². The summed E-state index contributed by atoms with van der Waals surface area (Å²) in [4.78, 5) is 13.3. The van der Waals surface area contributed by atoms with Crippen LogP contribution in [0.15, 0.2) is 42.5 Å². The number of ether oxygens (including phenoxy) is 1. The quantitative estimate of drug-likeness (QED) is 0.805. The molecule has 1 aliphatic heterocycles. The number of halogens is 1. The van der Waals surface area contributed by atoms with Crippen LogP contribution in [0.5, 0.6) is 5.75 Å². The van der Waals surface area contributed by atoms with E-state index in [1.54, 1.807) is 0 Å². The molecule has 1 N–H and O–H groups in total. The molecule has 0 aromatic heterocycles. The van der Waals surface area contributed by atoms with Gasteiger partial charge < -0.3 is 14.7 Å². The zero-order chi connectivity index (χ0) is 16.1. The predicted molar refractivity (Wildman–Crippen MR) is 98.1 cm³/mol. The van der Waals surface area contributed by atoms with Gasteiger partial charge in [-0.3, -0.25) is 4.79 Å². The average molecular weight is 350 g/mol. The molecule has 0 spiro atoms. The Bertz CT molecular complexity index is 668. The summed E-state index contributed by atoms with van der Waals surface area (Å²) >= 11 is 0. The molecule has 3 rings (SSSR count). The van der Waals surface area contributed by atoms with E-state index in [4.69, 9.17) is 9.84 Å². The zero-order valence-corrected chi connectivity index (χ0v) is 14.5. The predicted octanol–water partition coefficient (Wildman–Crippen LogP) is 3.83. The number of piperidine rings is 1. The molecule has 1 fully saturated rings. The third-order valence-corrected chi connectivity index (χ3v) is 4.55. The van der Waals surface area contributed by atoms with Crippen LogP contribution < -0.4 is 4.74 Å². The van der Waals surface area contributed by atoms with E-state index in [1.807, 2.05) is 18.2 Å². The lowest BCUT2D eigenvalue weighted by atomic mass is 9.97. The highest BCUT2D eigenvalue weighted by Crippen LogP contribution is 2.21. The molecule has 130 valence electrons. The van der Waals surface area contributed by atoms with Gasteiger partial charge in [-0.15, -0.1) is 12.4 Å². The Morgan fingerprint density at radius 1 is 1.12 bits per heavy atom. The van der Waals surface area contributed by atoms with Crippen molar-refractivity contribution in [2.75, 3.05) is 26.2 Å². The largest absolute Gasteiger partial charge is 0.494 e. The first kappa shape index (κ1) is 18.6. The summed E-state index contributed by atoms with van der Waals surface area (Å²) in [6.45, 7) is 3.43. The average Bonchev–Trinajstić information content (AvgIpc) is 2.59. The fourth-order valence-electron chi connectivity index (χ4n) is 3.14. The molecular weight excluding hydrogens is 326 g/mol. The molecule has 1 aliphatic rings. The summed E-state index contributed by atoms with van der Waals surface area (Å²) in [6, 6.07) is 14.4. The van der Waals surface area contributed by atoms with E-state index in [9.17, 15) is 4.79 Å². The number of benzene rings is 2. The molecule has 0 amide bonds. The topological polar surface area (TPSA) is 49.8 Å². The number of carboxylic acid groups (broad SMARTS) is 1. The Balaban J connectivity index is 0.00000208. The highest BCUT2D eigenvalue weighted by atomic mass is 35.5. The van der Waals surface area contributed by atoms with Crippen LogP contribution in [0, 0.1) is 5.92 Å². The maximum Gasteiger partial charge on any atom is 0.306 e. The van der Waals surface area contributed by atoms with Gasteiger partial charge in [-0.25, -0.2) is 0 Å². The van der Waals surface area contributed by atoms with Gasteiger partial charge in [0.05, 0.1) is 12.5 Å². The van der Waals surface area contributed by atoms with Crippen molar-refractivity contribution in [2.45, 2.75) is 19.3 Å². The monoisotopic (exact) mass is 349 g/mol. The Morgan fingerprint density at radius 3 is 2.54 bits per heavy atom. The van der Waals surface area contributed by atoms with Gasteiger partial charge in [-0.1, -0.05) is 30.3 Å². The number of rotatable bonds is 6. The lowest BCUT2D eigenvalue weighted by Crippen LogP contribution is -2.37. The van der Waals surface area contributed by atoms with Crippen molar-refractivity contribution < 1.29 is 14.6 Å². The third kappa shape index (κ3) is 4.86. The number of carbonyl (C=O) groups is 1. The highest BCUT2D eigenvalue weighted by Gasteiger charge is 2.23. The van der Waals surface area contributed by atoms with Crippen LogP contribution in [-0.2, 0) is 4.79 Å². The second-order valence-electron chi connectivity index (χ2n) is 6.17. The standard InChI is InChI=1S/C19H23NO3.ClH/c21-19(22)16-8-11-20(12-9-16)10-3-13-23-18-7-6-15-4-1-2-5-17(15)14-18;/h1-2,4-7,14,16H,3,8-13H2,(H,21,22);1H. The summed E-state index contributed by atoms with van der Waals surface area (Å²) in [6.07, 6.45) is 2.49. The Morgan fingerprint density at radius 2 is 1.83 bits per heavy atom. The van der Waals surface area contributed by atoms with Crippen molar-refractivity contribution >= 4 is 29.1 Å². The molecule has 0 unspecified atom stereocenters. The molecule has 1 saturated heterocycles. The maximum absolute atomic E-state index is 10.9. The van der Waals surface area contributed by atoms with Crippen molar-refractivity contribution in [3.05, 3.63) is 42.5 Å². The van der Waals surface area contributed by atoms with E-state index in [-0.39, 0.29) is 18.3 Å². The van der Waals surface area contributed by atoms with Crippen LogP contribution in [0.3, 0.4) is 0 Å². The maximum atomic E-state index is 10.9. The molecule has 5 heteroatoms. The van der Waals surface area contributed by atoms with E-state index < -0.39 is 5.97 Å². The van der Waals surface area contributed by atoms with Crippen molar-refractivity contribution in [3.8, 4) is 5.75 Å². The molecule has 0 saturated carbocycles. The molecule has 2 aromatic rings. The summed E-state index contributed by atoms with van der Waals surface area (Å²) in [5.41, 5.74) is 0. The van der Waals surface area contributed by atoms with Gasteiger partial charge >= 0.3 is 5.97 Å². The van der Waals surface area contributed by atoms with Crippen LogP contribution in [0.25, 0.3) is 10.8 Å². The molecule has 0 radical (unpaired) electrons. The van der Waals surface area contributed by atoms with Crippen molar-refractivity contribution in [2.24, 2.45) is 5.92 Å². The number of carboxylic acids is 1. The first-order valence-corrected chi connectivity index (χ1v) is 8.29. The molecular formula is C19H24ClNO3. The van der Waals surface area contributed by atoms with Crippen molar-refractivity contribution in [1.82, 2.24) is 4.90 Å². The molecule has 2 aromatic carbocycles. The SMILES string of the molecule is Cl.O=C(O)C1CCN(CCCOc2ccc3ccccc3c2)CC1. The smallest absolute Gasteiger partial charge is 0.306 e. The van der Waals surface area contributed by atoms with Crippen LogP contribution in [0.1, 0.15) is 19.3 Å². The number of hydrogen-bond donors (Lipinski definition) is 1. The minimum absolute atomic E-state index is 0. The summed E-state index contributed by atoms with van der Waals surface area (Å²) in [5, 5.41) is 11.4. The first-order chi connectivity index (χ1) is 11.2. The highest BCUT2D eigenvalue weighted by molar-refractivity contribution is 5.85. The summed E-state index contributed by atoms with van der Waals surface area (Å²) in [5.74, 6) is 0.109. The van der Waals surface area contributed by atoms with Crippen LogP contribution >= 0.6 is 12.4 Å². The minimum atomic E-state index is -0.649. The molecule has 4 nitrogen and oxygen atoms in total. The minimum Gasteiger partial charge on any atom is -0.494 e. The Hall–Kier alpha value is -1.78. The van der Waals surface area contributed by atoms with E-state index in [1.165, 1.54) is 10.8 Å². The molecule has 24 heavy (non-hydrogen) atoms. The van der Waals surface area contributed by atoms with Crippen LogP contribution in [0.2, 0.25) is 0 Å². The normalized spacial score (nSPS) is 15.8. The molecule has 1 heterocycles. The van der Waals surface area contributed by atoms with E-state index in [2.05, 4.69) is 29.2 Å². The number of likely N-dealkylation sites (tertiary alicyclic amines) is 1. The second kappa shape index (κ2) is 8.90. The van der Waals surface area contributed by atoms with Crippen LogP contribution in [0.4, 0.5) is 0 Å². The van der Waals surface area contributed by atoms with Gasteiger partial charge in [0.2, 0.25) is 0 Å². The van der Waals surface area contributed by atoms with E-state index >= 15 is 0 Å². The van der Waals surface area contributed by atoms with Crippen molar-refractivity contribution in [3.63, 3.8) is 0 Å². The lowest BCUT2D eigenvalue weighted by Gasteiger charge is -2.29. The van der Waals surface area contributed by atoms with Gasteiger partial charge in [-0.2, -0.15) is 0 Å². The fourth-order valence-corrected chi connectivity index (χ4v) is 3.14. The van der Waals surface area contributed by atoms with Gasteiger partial charge in [0.1, 0.15) is 5.75 Å². The van der Waals surface area contributed by atoms with E-state index in [0.29, 0.717) is 6.61 Å². The molecule has 0 aliphatic carbocycles. The number of aliphatic carboxylic acids is 1. The third-order valence-electron chi connectivity index (χ3n) is 4.55. The molecule has 0 atom stereocenters. The number of fused-ring (bicyclic) bond motifs is 1. The van der Waals surface area contributed by atoms with Crippen LogP contribution in [-0.4, -0.2) is 42.2 Å². The van der Waals surface area contributed by atoms with Gasteiger partial charge in [-0.05, 0) is 55.3 Å². The molecule has 0 bridgehead atoms. The first-order valence-electron chi connectivity index (χ1n) is 8.29. The fraction of sp³-hybridized carbons (Fsp3) is 0.421. The zero-order valence-electron chi connectivity index (χ0n) is 13.7. The van der Waals surface area contributed by atoms with Gasteiger partial charge in [0.25, 0.3) is 0 Å². The van der Waals surface area contributed by atoms with E-state index in [0.717, 1.165) is 44.6 Å². The summed E-state index contributed by atoms with van der Waals surface area (Å²) in [7, 11) is 0. The van der Waals surface area contributed by atoms with Gasteiger partial charge in [0, 0.05) is 6.54 Å². The number of nitrogens with zero attached hydrogens (tertiary/aromatic N) is 1. The second-order valence-corrected chi connectivity index (χ2v) is 6.17. The summed E-state index contributed by atoms with van der Waals surface area (Å²) < 4.78 is 5.84.